The average molecular weight is 230 g/mol. The Morgan fingerprint density at radius 2 is 1.75 bits per heavy atom. The van der Waals surface area contributed by atoms with Crippen LogP contribution in [0.1, 0.15) is 40.5 Å². The highest BCUT2D eigenvalue weighted by Gasteiger charge is 2.33. The standard InChI is InChI=1S/C11H22N2O3/c1-5-11(12,6-2)10(16)13-8(7(3)4)9(14)15/h7-8H,5-6,12H2,1-4H3,(H,13,16)(H,14,15). The number of nitrogens with two attached hydrogens (primary N) is 1. The Bertz CT molecular complexity index is 260. The minimum absolute atomic E-state index is 0.167. The zero-order valence-corrected chi connectivity index (χ0v) is 10.4. The third-order valence-corrected chi connectivity index (χ3v) is 2.93. The third-order valence-electron chi connectivity index (χ3n) is 2.93. The van der Waals surface area contributed by atoms with E-state index in [4.69, 9.17) is 10.8 Å². The summed E-state index contributed by atoms with van der Waals surface area (Å²) in [4.78, 5) is 22.8. The van der Waals surface area contributed by atoms with E-state index in [-0.39, 0.29) is 5.92 Å². The Kier molecular flexibility index (Phi) is 5.44. The van der Waals surface area contributed by atoms with Gasteiger partial charge in [0.1, 0.15) is 6.04 Å². The van der Waals surface area contributed by atoms with E-state index in [0.717, 1.165) is 0 Å². The summed E-state index contributed by atoms with van der Waals surface area (Å²) in [6.45, 7) is 7.12. The second-order valence-corrected chi connectivity index (χ2v) is 4.40. The first-order chi connectivity index (χ1) is 7.28. The molecule has 16 heavy (non-hydrogen) atoms. The van der Waals surface area contributed by atoms with Gasteiger partial charge in [-0.1, -0.05) is 27.7 Å². The van der Waals surface area contributed by atoms with Crippen LogP contribution in [0.15, 0.2) is 0 Å². The smallest absolute Gasteiger partial charge is 0.326 e. The van der Waals surface area contributed by atoms with Crippen LogP contribution in [0.2, 0.25) is 0 Å². The van der Waals surface area contributed by atoms with Crippen molar-refractivity contribution in [3.8, 4) is 0 Å². The van der Waals surface area contributed by atoms with Gasteiger partial charge in [0, 0.05) is 0 Å². The number of carbonyl (C=O) groups excluding carboxylic acids is 1. The summed E-state index contributed by atoms with van der Waals surface area (Å²) in [5.74, 6) is -1.59. The first-order valence-electron chi connectivity index (χ1n) is 5.61. The van der Waals surface area contributed by atoms with Gasteiger partial charge in [0.05, 0.1) is 5.54 Å². The molecule has 1 unspecified atom stereocenters. The molecule has 5 heteroatoms. The first kappa shape index (κ1) is 14.9. The maximum Gasteiger partial charge on any atom is 0.326 e. The summed E-state index contributed by atoms with van der Waals surface area (Å²) in [5, 5.41) is 11.4. The van der Waals surface area contributed by atoms with Crippen molar-refractivity contribution in [2.24, 2.45) is 11.7 Å². The van der Waals surface area contributed by atoms with Gasteiger partial charge in [-0.3, -0.25) is 4.79 Å². The van der Waals surface area contributed by atoms with E-state index in [1.165, 1.54) is 0 Å². The highest BCUT2D eigenvalue weighted by molar-refractivity contribution is 5.89. The minimum Gasteiger partial charge on any atom is -0.480 e. The van der Waals surface area contributed by atoms with E-state index in [0.29, 0.717) is 12.8 Å². The second kappa shape index (κ2) is 5.84. The Hall–Kier alpha value is -1.10. The number of rotatable bonds is 6. The van der Waals surface area contributed by atoms with E-state index in [1.54, 1.807) is 13.8 Å². The lowest BCUT2D eigenvalue weighted by Crippen LogP contribution is -2.57. The SMILES string of the molecule is CCC(N)(CC)C(=O)NC(C(=O)O)C(C)C. The van der Waals surface area contributed by atoms with E-state index in [2.05, 4.69) is 5.32 Å². The quantitative estimate of drug-likeness (QED) is 0.627. The van der Waals surface area contributed by atoms with Crippen LogP contribution in [-0.2, 0) is 9.59 Å². The Balaban J connectivity index is 4.70. The molecule has 94 valence electrons. The summed E-state index contributed by atoms with van der Waals surface area (Å²) >= 11 is 0. The van der Waals surface area contributed by atoms with Crippen molar-refractivity contribution >= 4 is 11.9 Å². The lowest BCUT2D eigenvalue weighted by molar-refractivity contribution is -0.144. The maximum atomic E-state index is 11.8. The molecule has 0 rings (SSSR count). The van der Waals surface area contributed by atoms with Crippen molar-refractivity contribution in [3.05, 3.63) is 0 Å². The number of hydrogen-bond acceptors (Lipinski definition) is 3. The highest BCUT2D eigenvalue weighted by Crippen LogP contribution is 2.13. The van der Waals surface area contributed by atoms with Crippen LogP contribution in [0.3, 0.4) is 0 Å². The van der Waals surface area contributed by atoms with Crippen LogP contribution in [0, 0.1) is 5.92 Å². The van der Waals surface area contributed by atoms with Gasteiger partial charge >= 0.3 is 5.97 Å². The molecule has 0 bridgehead atoms. The number of nitrogens with one attached hydrogen (secondary N) is 1. The molecular formula is C11H22N2O3. The fourth-order valence-corrected chi connectivity index (χ4v) is 1.37. The van der Waals surface area contributed by atoms with Crippen molar-refractivity contribution in [1.82, 2.24) is 5.32 Å². The van der Waals surface area contributed by atoms with Gasteiger partial charge in [-0.2, -0.15) is 0 Å². The first-order valence-corrected chi connectivity index (χ1v) is 5.61. The van der Waals surface area contributed by atoms with E-state index < -0.39 is 23.5 Å². The molecule has 4 N–H and O–H groups in total. The summed E-state index contributed by atoms with van der Waals surface area (Å²) in [6, 6.07) is -0.881. The summed E-state index contributed by atoms with van der Waals surface area (Å²) in [6.07, 6.45) is 0.972. The van der Waals surface area contributed by atoms with Crippen LogP contribution >= 0.6 is 0 Å². The van der Waals surface area contributed by atoms with Crippen molar-refractivity contribution in [3.63, 3.8) is 0 Å². The van der Waals surface area contributed by atoms with Gasteiger partial charge in [-0.25, -0.2) is 4.79 Å². The van der Waals surface area contributed by atoms with Gasteiger partial charge in [-0.15, -0.1) is 0 Å². The zero-order chi connectivity index (χ0) is 12.9. The zero-order valence-electron chi connectivity index (χ0n) is 10.4. The molecule has 0 saturated carbocycles. The second-order valence-electron chi connectivity index (χ2n) is 4.40. The molecule has 0 aliphatic rings. The minimum atomic E-state index is -1.03. The normalized spacial score (nSPS) is 13.6. The van der Waals surface area contributed by atoms with Crippen LogP contribution < -0.4 is 11.1 Å². The maximum absolute atomic E-state index is 11.8. The Morgan fingerprint density at radius 3 is 2.00 bits per heavy atom. The number of hydrogen-bond donors (Lipinski definition) is 3. The van der Waals surface area contributed by atoms with Crippen molar-refractivity contribution in [2.75, 3.05) is 0 Å². The average Bonchev–Trinajstić information content (AvgIpc) is 2.23. The van der Waals surface area contributed by atoms with Crippen LogP contribution in [0.5, 0.6) is 0 Å². The van der Waals surface area contributed by atoms with Gasteiger partial charge < -0.3 is 16.2 Å². The van der Waals surface area contributed by atoms with E-state index in [9.17, 15) is 9.59 Å². The summed E-state index contributed by atoms with van der Waals surface area (Å²) in [7, 11) is 0. The molecule has 0 saturated heterocycles. The molecule has 0 aliphatic carbocycles. The predicted molar refractivity (Wildman–Crippen MR) is 61.9 cm³/mol. The van der Waals surface area contributed by atoms with Gasteiger partial charge in [0.15, 0.2) is 0 Å². The molecule has 0 aromatic heterocycles. The molecule has 0 fully saturated rings. The molecular weight excluding hydrogens is 208 g/mol. The fraction of sp³-hybridized carbons (Fsp3) is 0.818. The Labute approximate surface area is 96.4 Å². The summed E-state index contributed by atoms with van der Waals surface area (Å²) in [5.41, 5.74) is 4.91. The number of aliphatic carboxylic acids is 1. The number of carboxylic acids is 1. The molecule has 0 aromatic rings. The van der Waals surface area contributed by atoms with Crippen LogP contribution in [-0.4, -0.2) is 28.6 Å². The van der Waals surface area contributed by atoms with Crippen molar-refractivity contribution in [2.45, 2.75) is 52.1 Å². The van der Waals surface area contributed by atoms with Gasteiger partial charge in [-0.05, 0) is 18.8 Å². The Morgan fingerprint density at radius 1 is 1.31 bits per heavy atom. The third kappa shape index (κ3) is 3.48. The molecule has 0 radical (unpaired) electrons. The van der Waals surface area contributed by atoms with E-state index >= 15 is 0 Å². The van der Waals surface area contributed by atoms with Crippen LogP contribution in [0.25, 0.3) is 0 Å². The molecule has 1 atom stereocenters. The fourth-order valence-electron chi connectivity index (χ4n) is 1.37. The molecule has 0 aromatic carbocycles. The number of carboxylic acid groups (broad SMARTS) is 1. The number of carbonyl (C=O) groups is 2. The van der Waals surface area contributed by atoms with Crippen molar-refractivity contribution in [1.29, 1.82) is 0 Å². The molecule has 1 amide bonds. The monoisotopic (exact) mass is 230 g/mol. The molecule has 5 nitrogen and oxygen atoms in total. The number of amides is 1. The van der Waals surface area contributed by atoms with E-state index in [1.807, 2.05) is 13.8 Å². The summed E-state index contributed by atoms with van der Waals surface area (Å²) < 4.78 is 0. The lowest BCUT2D eigenvalue weighted by Gasteiger charge is -2.28. The molecule has 0 heterocycles. The predicted octanol–water partition coefficient (Wildman–Crippen LogP) is 0.729. The van der Waals surface area contributed by atoms with Crippen LogP contribution in [0.4, 0.5) is 0 Å². The molecule has 0 aliphatic heterocycles. The van der Waals surface area contributed by atoms with Gasteiger partial charge in [0.25, 0.3) is 0 Å². The topological polar surface area (TPSA) is 92.4 Å². The highest BCUT2D eigenvalue weighted by atomic mass is 16.4. The lowest BCUT2D eigenvalue weighted by atomic mass is 9.92. The van der Waals surface area contributed by atoms with Crippen molar-refractivity contribution < 1.29 is 14.7 Å². The van der Waals surface area contributed by atoms with Gasteiger partial charge in [0.2, 0.25) is 5.91 Å². The molecule has 0 spiro atoms. The largest absolute Gasteiger partial charge is 0.480 e.